The third kappa shape index (κ3) is 5.42. The number of anilines is 2. The Morgan fingerprint density at radius 2 is 2.05 bits per heavy atom. The molecule has 0 radical (unpaired) electrons. The monoisotopic (exact) mass is 295 g/mol. The van der Waals surface area contributed by atoms with Gasteiger partial charge >= 0.3 is 0 Å². The van der Waals surface area contributed by atoms with Crippen molar-refractivity contribution in [2.45, 2.75) is 13.3 Å². The zero-order valence-corrected chi connectivity index (χ0v) is 12.1. The summed E-state index contributed by atoms with van der Waals surface area (Å²) in [5, 5.41) is 8.69. The molecule has 20 heavy (non-hydrogen) atoms. The van der Waals surface area contributed by atoms with Crippen molar-refractivity contribution in [1.82, 2.24) is 5.32 Å². The van der Waals surface area contributed by atoms with Gasteiger partial charge in [-0.15, -0.1) is 6.58 Å². The summed E-state index contributed by atoms with van der Waals surface area (Å²) >= 11 is 6.01. The van der Waals surface area contributed by atoms with Crippen LogP contribution in [-0.4, -0.2) is 24.9 Å². The van der Waals surface area contributed by atoms with Crippen molar-refractivity contribution in [2.24, 2.45) is 0 Å². The predicted molar refractivity (Wildman–Crippen MR) is 82.1 cm³/mol. The van der Waals surface area contributed by atoms with E-state index in [2.05, 4.69) is 22.5 Å². The Kier molecular flexibility index (Phi) is 6.76. The molecule has 108 valence electrons. The molecule has 0 atom stereocenters. The van der Waals surface area contributed by atoms with Gasteiger partial charge in [-0.3, -0.25) is 9.59 Å². The summed E-state index contributed by atoms with van der Waals surface area (Å²) in [6, 6.07) is 4.93. The zero-order chi connectivity index (χ0) is 15.0. The molecule has 1 aromatic rings. The maximum Gasteiger partial charge on any atom is 0.238 e. The van der Waals surface area contributed by atoms with Crippen LogP contribution in [0.15, 0.2) is 30.9 Å². The fourth-order valence-electron chi connectivity index (χ4n) is 1.43. The molecule has 0 spiro atoms. The van der Waals surface area contributed by atoms with Gasteiger partial charge in [-0.05, 0) is 18.2 Å². The number of nitrogens with one attached hydrogen (secondary N) is 3. The quantitative estimate of drug-likeness (QED) is 0.534. The van der Waals surface area contributed by atoms with Crippen LogP contribution in [0.2, 0.25) is 5.02 Å². The van der Waals surface area contributed by atoms with E-state index in [1.54, 1.807) is 31.2 Å². The highest BCUT2D eigenvalue weighted by molar-refractivity contribution is 6.33. The minimum absolute atomic E-state index is 0.0998. The molecule has 0 heterocycles. The number of hydrogen-bond acceptors (Lipinski definition) is 3. The summed E-state index contributed by atoms with van der Waals surface area (Å²) in [4.78, 5) is 23.0. The molecule has 0 fully saturated rings. The molecule has 2 amide bonds. The number of halogens is 1. The van der Waals surface area contributed by atoms with E-state index in [0.29, 0.717) is 29.4 Å². The van der Waals surface area contributed by atoms with Crippen molar-refractivity contribution in [1.29, 1.82) is 0 Å². The van der Waals surface area contributed by atoms with Crippen LogP contribution in [0.25, 0.3) is 0 Å². The lowest BCUT2D eigenvalue weighted by atomic mass is 10.2. The predicted octanol–water partition coefficient (Wildman–Crippen LogP) is 2.40. The minimum atomic E-state index is -0.215. The molecule has 0 aliphatic heterocycles. The molecule has 1 aromatic carbocycles. The average molecular weight is 296 g/mol. The Bertz CT molecular complexity index is 503. The van der Waals surface area contributed by atoms with E-state index in [-0.39, 0.29) is 18.4 Å². The molecule has 1 rings (SSSR count). The Labute approximate surface area is 123 Å². The molecule has 3 N–H and O–H groups in total. The number of carbonyl (C=O) groups excluding carboxylic acids is 2. The van der Waals surface area contributed by atoms with E-state index in [9.17, 15) is 9.59 Å². The zero-order valence-electron chi connectivity index (χ0n) is 11.3. The molecule has 0 aliphatic rings. The fraction of sp³-hybridized carbons (Fsp3) is 0.286. The van der Waals surface area contributed by atoms with Crippen molar-refractivity contribution in [3.63, 3.8) is 0 Å². The molecule has 6 heteroatoms. The first-order chi connectivity index (χ1) is 9.56. The largest absolute Gasteiger partial charge is 0.326 e. The van der Waals surface area contributed by atoms with Gasteiger partial charge in [0.1, 0.15) is 0 Å². The molecule has 0 aromatic heterocycles. The van der Waals surface area contributed by atoms with E-state index >= 15 is 0 Å². The van der Waals surface area contributed by atoms with E-state index in [0.717, 1.165) is 0 Å². The molecular weight excluding hydrogens is 278 g/mol. The topological polar surface area (TPSA) is 70.2 Å². The van der Waals surface area contributed by atoms with E-state index < -0.39 is 0 Å². The second-order valence-electron chi connectivity index (χ2n) is 4.06. The highest BCUT2D eigenvalue weighted by Gasteiger charge is 2.07. The van der Waals surface area contributed by atoms with E-state index in [1.807, 2.05) is 0 Å². The maximum absolute atomic E-state index is 11.7. The molecule has 0 saturated heterocycles. The Morgan fingerprint density at radius 3 is 2.70 bits per heavy atom. The number of carbonyl (C=O) groups is 2. The normalized spacial score (nSPS) is 9.90. The second kappa shape index (κ2) is 8.35. The number of amides is 2. The van der Waals surface area contributed by atoms with Crippen molar-refractivity contribution < 1.29 is 9.59 Å². The Balaban J connectivity index is 2.68. The highest BCUT2D eigenvalue weighted by atomic mass is 35.5. The minimum Gasteiger partial charge on any atom is -0.326 e. The smallest absolute Gasteiger partial charge is 0.238 e. The first-order valence-corrected chi connectivity index (χ1v) is 6.65. The SMILES string of the molecule is C=CCNCC(=O)Nc1cc(NC(=O)CC)ccc1Cl. The van der Waals surface area contributed by atoms with Gasteiger partial charge in [-0.2, -0.15) is 0 Å². The van der Waals surface area contributed by atoms with Crippen LogP contribution in [0.5, 0.6) is 0 Å². The molecule has 0 unspecified atom stereocenters. The lowest BCUT2D eigenvalue weighted by Crippen LogP contribution is -2.28. The van der Waals surface area contributed by atoms with Crippen LogP contribution in [0.3, 0.4) is 0 Å². The van der Waals surface area contributed by atoms with Crippen LogP contribution in [0.4, 0.5) is 11.4 Å². The number of benzene rings is 1. The number of rotatable bonds is 7. The third-order valence-electron chi connectivity index (χ3n) is 2.42. The van der Waals surface area contributed by atoms with Crippen LogP contribution >= 0.6 is 11.6 Å². The molecule has 5 nitrogen and oxygen atoms in total. The first kappa shape index (κ1) is 16.2. The molecule has 0 aliphatic carbocycles. The van der Waals surface area contributed by atoms with Crippen molar-refractivity contribution in [2.75, 3.05) is 23.7 Å². The van der Waals surface area contributed by atoms with Crippen LogP contribution in [0.1, 0.15) is 13.3 Å². The Morgan fingerprint density at radius 1 is 1.30 bits per heavy atom. The van der Waals surface area contributed by atoms with Gasteiger partial charge in [-0.25, -0.2) is 0 Å². The van der Waals surface area contributed by atoms with Gasteiger partial charge in [0.25, 0.3) is 0 Å². The summed E-state index contributed by atoms with van der Waals surface area (Å²) in [5.41, 5.74) is 1.06. The third-order valence-corrected chi connectivity index (χ3v) is 2.75. The summed E-state index contributed by atoms with van der Waals surface area (Å²) < 4.78 is 0. The summed E-state index contributed by atoms with van der Waals surface area (Å²) in [6.45, 7) is 6.02. The van der Waals surface area contributed by atoms with E-state index in [4.69, 9.17) is 11.6 Å². The van der Waals surface area contributed by atoms with Gasteiger partial charge in [0.15, 0.2) is 0 Å². The standard InChI is InChI=1S/C14H18ClN3O2/c1-3-7-16-9-14(20)18-12-8-10(5-6-11(12)15)17-13(19)4-2/h3,5-6,8,16H,1,4,7,9H2,2H3,(H,17,19)(H,18,20). The average Bonchev–Trinajstić information content (AvgIpc) is 2.42. The highest BCUT2D eigenvalue weighted by Crippen LogP contribution is 2.25. The van der Waals surface area contributed by atoms with Gasteiger partial charge in [-0.1, -0.05) is 24.6 Å². The molecular formula is C14H18ClN3O2. The van der Waals surface area contributed by atoms with Crippen molar-refractivity contribution in [3.8, 4) is 0 Å². The van der Waals surface area contributed by atoms with Gasteiger partial charge in [0.2, 0.25) is 11.8 Å². The summed E-state index contributed by atoms with van der Waals surface area (Å²) in [7, 11) is 0. The summed E-state index contributed by atoms with van der Waals surface area (Å²) in [6.07, 6.45) is 2.05. The second-order valence-corrected chi connectivity index (χ2v) is 4.47. The molecule has 0 saturated carbocycles. The lowest BCUT2D eigenvalue weighted by molar-refractivity contribution is -0.116. The van der Waals surface area contributed by atoms with Crippen molar-refractivity contribution in [3.05, 3.63) is 35.9 Å². The first-order valence-electron chi connectivity index (χ1n) is 6.27. The van der Waals surface area contributed by atoms with Crippen LogP contribution < -0.4 is 16.0 Å². The number of hydrogen-bond donors (Lipinski definition) is 3. The summed E-state index contributed by atoms with van der Waals surface area (Å²) in [5.74, 6) is -0.315. The maximum atomic E-state index is 11.7. The van der Waals surface area contributed by atoms with Crippen LogP contribution in [0, 0.1) is 0 Å². The van der Waals surface area contributed by atoms with Crippen molar-refractivity contribution >= 4 is 34.8 Å². The Hall–Kier alpha value is -1.85. The van der Waals surface area contributed by atoms with Gasteiger partial charge in [0, 0.05) is 18.7 Å². The lowest BCUT2D eigenvalue weighted by Gasteiger charge is -2.10. The van der Waals surface area contributed by atoms with Gasteiger partial charge in [0.05, 0.1) is 17.3 Å². The van der Waals surface area contributed by atoms with Gasteiger partial charge < -0.3 is 16.0 Å². The fourth-order valence-corrected chi connectivity index (χ4v) is 1.60. The molecule has 0 bridgehead atoms. The van der Waals surface area contributed by atoms with E-state index in [1.165, 1.54) is 0 Å². The van der Waals surface area contributed by atoms with Crippen LogP contribution in [-0.2, 0) is 9.59 Å².